The standard InChI is InChI=1S/C17H15NS/c1-12-8-15(14-6-4-3-5-7-14)9-13(2)17(12)16-10-19-11-18-16/h3-11H,1-2H3. The average molecular weight is 265 g/mol. The van der Waals surface area contributed by atoms with E-state index in [1.54, 1.807) is 11.3 Å². The Hall–Kier alpha value is -1.93. The summed E-state index contributed by atoms with van der Waals surface area (Å²) >= 11 is 1.64. The summed E-state index contributed by atoms with van der Waals surface area (Å²) in [4.78, 5) is 4.43. The quantitative estimate of drug-likeness (QED) is 0.628. The van der Waals surface area contributed by atoms with Crippen molar-refractivity contribution in [1.29, 1.82) is 0 Å². The zero-order valence-electron chi connectivity index (χ0n) is 11.1. The Labute approximate surface area is 117 Å². The van der Waals surface area contributed by atoms with E-state index in [0.29, 0.717) is 0 Å². The van der Waals surface area contributed by atoms with Crippen molar-refractivity contribution >= 4 is 11.3 Å². The van der Waals surface area contributed by atoms with Crippen LogP contribution in [-0.4, -0.2) is 4.98 Å². The van der Waals surface area contributed by atoms with Crippen molar-refractivity contribution in [2.24, 2.45) is 0 Å². The second kappa shape index (κ2) is 4.98. The molecule has 1 nitrogen and oxygen atoms in total. The molecule has 0 fully saturated rings. The summed E-state index contributed by atoms with van der Waals surface area (Å²) in [5.74, 6) is 0. The van der Waals surface area contributed by atoms with Crippen LogP contribution >= 0.6 is 11.3 Å². The van der Waals surface area contributed by atoms with Gasteiger partial charge >= 0.3 is 0 Å². The van der Waals surface area contributed by atoms with Crippen LogP contribution in [0.4, 0.5) is 0 Å². The van der Waals surface area contributed by atoms with Gasteiger partial charge in [-0.05, 0) is 36.1 Å². The molecule has 0 aliphatic rings. The van der Waals surface area contributed by atoms with Crippen LogP contribution in [0.15, 0.2) is 53.4 Å². The van der Waals surface area contributed by atoms with Gasteiger partial charge in [0, 0.05) is 10.9 Å². The average Bonchev–Trinajstić information content (AvgIpc) is 2.93. The highest BCUT2D eigenvalue weighted by atomic mass is 32.1. The van der Waals surface area contributed by atoms with Gasteiger partial charge in [0.1, 0.15) is 0 Å². The van der Waals surface area contributed by atoms with Gasteiger partial charge in [0.2, 0.25) is 0 Å². The molecule has 2 aromatic carbocycles. The maximum atomic E-state index is 4.43. The summed E-state index contributed by atoms with van der Waals surface area (Å²) in [6, 6.07) is 15.0. The van der Waals surface area contributed by atoms with E-state index in [2.05, 4.69) is 60.6 Å². The van der Waals surface area contributed by atoms with E-state index in [1.807, 2.05) is 11.6 Å². The number of benzene rings is 2. The molecule has 1 heterocycles. The van der Waals surface area contributed by atoms with Gasteiger partial charge in [-0.25, -0.2) is 4.98 Å². The summed E-state index contributed by atoms with van der Waals surface area (Å²) in [6.45, 7) is 4.32. The number of aryl methyl sites for hydroxylation is 2. The normalized spacial score (nSPS) is 10.6. The maximum Gasteiger partial charge on any atom is 0.0816 e. The molecule has 94 valence electrons. The SMILES string of the molecule is Cc1cc(-c2ccccc2)cc(C)c1-c1cscn1. The van der Waals surface area contributed by atoms with Gasteiger partial charge in [0.05, 0.1) is 11.2 Å². The van der Waals surface area contributed by atoms with Crippen molar-refractivity contribution in [1.82, 2.24) is 4.98 Å². The van der Waals surface area contributed by atoms with E-state index < -0.39 is 0 Å². The molecule has 0 atom stereocenters. The summed E-state index contributed by atoms with van der Waals surface area (Å²) in [5.41, 5.74) is 9.34. The first-order valence-electron chi connectivity index (χ1n) is 6.31. The number of nitrogens with zero attached hydrogens (tertiary/aromatic N) is 1. The van der Waals surface area contributed by atoms with Crippen LogP contribution in [0.3, 0.4) is 0 Å². The highest BCUT2D eigenvalue weighted by Gasteiger charge is 2.09. The van der Waals surface area contributed by atoms with Crippen molar-refractivity contribution in [3.63, 3.8) is 0 Å². The third-order valence-electron chi connectivity index (χ3n) is 3.33. The molecule has 0 N–H and O–H groups in total. The second-order valence-electron chi connectivity index (χ2n) is 4.72. The molecule has 2 heteroatoms. The van der Waals surface area contributed by atoms with Crippen LogP contribution in [0.5, 0.6) is 0 Å². The minimum atomic E-state index is 1.08. The van der Waals surface area contributed by atoms with Gasteiger partial charge in [-0.2, -0.15) is 0 Å². The minimum absolute atomic E-state index is 1.08. The van der Waals surface area contributed by atoms with Crippen molar-refractivity contribution in [3.05, 3.63) is 64.5 Å². The molecular weight excluding hydrogens is 250 g/mol. The Kier molecular flexibility index (Phi) is 3.18. The predicted molar refractivity (Wildman–Crippen MR) is 82.5 cm³/mol. The fourth-order valence-corrected chi connectivity index (χ4v) is 3.04. The molecule has 0 saturated carbocycles. The Morgan fingerprint density at radius 1 is 0.895 bits per heavy atom. The summed E-state index contributed by atoms with van der Waals surface area (Å²) in [5, 5.41) is 2.11. The van der Waals surface area contributed by atoms with Crippen LogP contribution in [0.1, 0.15) is 11.1 Å². The van der Waals surface area contributed by atoms with Crippen molar-refractivity contribution in [2.75, 3.05) is 0 Å². The van der Waals surface area contributed by atoms with Crippen LogP contribution in [0.2, 0.25) is 0 Å². The second-order valence-corrected chi connectivity index (χ2v) is 5.44. The van der Waals surface area contributed by atoms with E-state index in [-0.39, 0.29) is 0 Å². The van der Waals surface area contributed by atoms with Crippen molar-refractivity contribution in [2.45, 2.75) is 13.8 Å². The van der Waals surface area contributed by atoms with Gasteiger partial charge in [-0.3, -0.25) is 0 Å². The third kappa shape index (κ3) is 2.32. The number of hydrogen-bond acceptors (Lipinski definition) is 2. The van der Waals surface area contributed by atoms with Crippen molar-refractivity contribution < 1.29 is 0 Å². The highest BCUT2D eigenvalue weighted by molar-refractivity contribution is 7.07. The Morgan fingerprint density at radius 3 is 2.16 bits per heavy atom. The fourth-order valence-electron chi connectivity index (χ4n) is 2.50. The van der Waals surface area contributed by atoms with Gasteiger partial charge in [0.25, 0.3) is 0 Å². The molecule has 0 radical (unpaired) electrons. The minimum Gasteiger partial charge on any atom is -0.245 e. The van der Waals surface area contributed by atoms with E-state index in [1.165, 1.54) is 27.8 Å². The van der Waals surface area contributed by atoms with Gasteiger partial charge in [0.15, 0.2) is 0 Å². The first-order valence-corrected chi connectivity index (χ1v) is 7.25. The van der Waals surface area contributed by atoms with Crippen molar-refractivity contribution in [3.8, 4) is 22.4 Å². The summed E-state index contributed by atoms with van der Waals surface area (Å²) in [7, 11) is 0. The Balaban J connectivity index is 2.13. The molecule has 19 heavy (non-hydrogen) atoms. The smallest absolute Gasteiger partial charge is 0.0816 e. The molecule has 0 saturated heterocycles. The molecule has 0 spiro atoms. The lowest BCUT2D eigenvalue weighted by Crippen LogP contribution is -1.90. The fraction of sp³-hybridized carbons (Fsp3) is 0.118. The number of thiazole rings is 1. The van der Waals surface area contributed by atoms with E-state index in [4.69, 9.17) is 0 Å². The molecule has 0 unspecified atom stereocenters. The molecular formula is C17H15NS. The zero-order chi connectivity index (χ0) is 13.2. The van der Waals surface area contributed by atoms with Crippen LogP contribution in [0.25, 0.3) is 22.4 Å². The Morgan fingerprint density at radius 2 is 1.58 bits per heavy atom. The third-order valence-corrected chi connectivity index (χ3v) is 3.91. The predicted octanol–water partition coefficient (Wildman–Crippen LogP) is 5.09. The van der Waals surface area contributed by atoms with E-state index >= 15 is 0 Å². The van der Waals surface area contributed by atoms with E-state index in [0.717, 1.165) is 5.69 Å². The molecule has 1 aromatic heterocycles. The Bertz CT molecular complexity index is 662. The first-order chi connectivity index (χ1) is 9.25. The lowest BCUT2D eigenvalue weighted by Gasteiger charge is -2.11. The van der Waals surface area contributed by atoms with Gasteiger partial charge in [-0.1, -0.05) is 42.5 Å². The maximum absolute atomic E-state index is 4.43. The zero-order valence-corrected chi connectivity index (χ0v) is 11.9. The van der Waals surface area contributed by atoms with Gasteiger partial charge < -0.3 is 0 Å². The summed E-state index contributed by atoms with van der Waals surface area (Å²) < 4.78 is 0. The monoisotopic (exact) mass is 265 g/mol. The van der Waals surface area contributed by atoms with E-state index in [9.17, 15) is 0 Å². The lowest BCUT2D eigenvalue weighted by atomic mass is 9.94. The van der Waals surface area contributed by atoms with Crippen LogP contribution in [0, 0.1) is 13.8 Å². The number of aromatic nitrogens is 1. The largest absolute Gasteiger partial charge is 0.245 e. The lowest BCUT2D eigenvalue weighted by molar-refractivity contribution is 1.32. The van der Waals surface area contributed by atoms with Crippen LogP contribution < -0.4 is 0 Å². The van der Waals surface area contributed by atoms with Gasteiger partial charge in [-0.15, -0.1) is 11.3 Å². The molecule has 0 amide bonds. The number of rotatable bonds is 2. The molecule has 0 aliphatic carbocycles. The topological polar surface area (TPSA) is 12.9 Å². The summed E-state index contributed by atoms with van der Waals surface area (Å²) in [6.07, 6.45) is 0. The molecule has 0 bridgehead atoms. The first kappa shape index (κ1) is 12.1. The highest BCUT2D eigenvalue weighted by Crippen LogP contribution is 2.31. The van der Waals surface area contributed by atoms with Crippen LogP contribution in [-0.2, 0) is 0 Å². The molecule has 3 rings (SSSR count). The number of hydrogen-bond donors (Lipinski definition) is 0. The molecule has 3 aromatic rings. The molecule has 0 aliphatic heterocycles.